The smallest absolute Gasteiger partial charge is 0.266 e. The van der Waals surface area contributed by atoms with Crippen molar-refractivity contribution in [1.29, 1.82) is 5.26 Å². The van der Waals surface area contributed by atoms with Crippen LogP contribution < -0.4 is 19.5 Å². The summed E-state index contributed by atoms with van der Waals surface area (Å²) in [6.07, 6.45) is 2.26. The molecule has 0 radical (unpaired) electrons. The molecule has 2 rings (SSSR count). The molecule has 6 nitrogen and oxygen atoms in total. The number of carbonyl (C=O) groups is 1. The molecule has 28 heavy (non-hydrogen) atoms. The summed E-state index contributed by atoms with van der Waals surface area (Å²) in [5, 5.41) is 12.2. The third-order valence-corrected chi connectivity index (χ3v) is 4.12. The zero-order valence-electron chi connectivity index (χ0n) is 16.5. The number of amides is 1. The second-order valence-corrected chi connectivity index (χ2v) is 6.07. The predicted octanol–water partition coefficient (Wildman–Crippen LogP) is 4.43. The summed E-state index contributed by atoms with van der Waals surface area (Å²) in [5.41, 5.74) is 1.08. The summed E-state index contributed by atoms with van der Waals surface area (Å²) in [7, 11) is 3.09. The topological polar surface area (TPSA) is 80.6 Å². The van der Waals surface area contributed by atoms with Gasteiger partial charge in [-0.05, 0) is 37.6 Å². The lowest BCUT2D eigenvalue weighted by molar-refractivity contribution is -0.112. The zero-order valence-corrected chi connectivity index (χ0v) is 16.5. The molecule has 0 saturated heterocycles. The SMILES string of the molecule is CCC(C)Oc1c(C=C(C#N)C(=O)Nc2cccc(OC)c2)cccc1OC. The van der Waals surface area contributed by atoms with Gasteiger partial charge >= 0.3 is 0 Å². The molecule has 2 aromatic carbocycles. The Balaban J connectivity index is 2.35. The molecule has 1 N–H and O–H groups in total. The van der Waals surface area contributed by atoms with E-state index in [0.717, 1.165) is 6.42 Å². The summed E-state index contributed by atoms with van der Waals surface area (Å²) in [5.74, 6) is 1.13. The van der Waals surface area contributed by atoms with Gasteiger partial charge in [-0.2, -0.15) is 5.26 Å². The number of para-hydroxylation sites is 1. The van der Waals surface area contributed by atoms with E-state index in [1.165, 1.54) is 6.08 Å². The second kappa shape index (κ2) is 10.0. The molecule has 0 aliphatic rings. The van der Waals surface area contributed by atoms with Crippen molar-refractivity contribution in [1.82, 2.24) is 0 Å². The third-order valence-electron chi connectivity index (χ3n) is 4.12. The summed E-state index contributed by atoms with van der Waals surface area (Å²) < 4.78 is 16.5. The van der Waals surface area contributed by atoms with Gasteiger partial charge in [0, 0.05) is 17.3 Å². The number of hydrogen-bond donors (Lipinski definition) is 1. The number of hydrogen-bond acceptors (Lipinski definition) is 5. The minimum Gasteiger partial charge on any atom is -0.497 e. The van der Waals surface area contributed by atoms with Gasteiger partial charge in [-0.15, -0.1) is 0 Å². The van der Waals surface area contributed by atoms with E-state index < -0.39 is 5.91 Å². The van der Waals surface area contributed by atoms with Crippen LogP contribution in [0.25, 0.3) is 6.08 Å². The number of nitrogens with zero attached hydrogens (tertiary/aromatic N) is 1. The van der Waals surface area contributed by atoms with Gasteiger partial charge in [0.2, 0.25) is 0 Å². The molecule has 0 aromatic heterocycles. The van der Waals surface area contributed by atoms with Crippen molar-refractivity contribution >= 4 is 17.7 Å². The van der Waals surface area contributed by atoms with Crippen LogP contribution in [0.5, 0.6) is 17.2 Å². The first-order chi connectivity index (χ1) is 13.5. The van der Waals surface area contributed by atoms with Gasteiger partial charge in [-0.3, -0.25) is 4.79 Å². The van der Waals surface area contributed by atoms with Crippen molar-refractivity contribution in [3.8, 4) is 23.3 Å². The van der Waals surface area contributed by atoms with Crippen molar-refractivity contribution in [2.75, 3.05) is 19.5 Å². The van der Waals surface area contributed by atoms with Crippen molar-refractivity contribution in [3.63, 3.8) is 0 Å². The standard InChI is InChI=1S/C22H24N2O4/c1-5-15(2)28-21-16(8-6-11-20(21)27-4)12-17(14-23)22(25)24-18-9-7-10-19(13-18)26-3/h6-13,15H,5H2,1-4H3,(H,24,25). The fraction of sp³-hybridized carbons (Fsp3) is 0.273. The van der Waals surface area contributed by atoms with E-state index in [9.17, 15) is 10.1 Å². The molecule has 0 aliphatic carbocycles. The monoisotopic (exact) mass is 380 g/mol. The minimum atomic E-state index is -0.520. The fourth-order valence-corrected chi connectivity index (χ4v) is 2.42. The Kier molecular flexibility index (Phi) is 7.46. The number of carbonyl (C=O) groups excluding carboxylic acids is 1. The number of anilines is 1. The van der Waals surface area contributed by atoms with Gasteiger partial charge in [0.1, 0.15) is 17.4 Å². The van der Waals surface area contributed by atoms with Crippen LogP contribution in [0.2, 0.25) is 0 Å². The molecule has 1 amide bonds. The molecule has 6 heteroatoms. The zero-order chi connectivity index (χ0) is 20.5. The molecule has 0 bridgehead atoms. The van der Waals surface area contributed by atoms with E-state index in [2.05, 4.69) is 5.32 Å². The van der Waals surface area contributed by atoms with Crippen LogP contribution in [0.15, 0.2) is 48.0 Å². The molecule has 0 heterocycles. The summed E-state index contributed by atoms with van der Waals surface area (Å²) in [6, 6.07) is 14.2. The maximum absolute atomic E-state index is 12.6. The Morgan fingerprint density at radius 2 is 1.96 bits per heavy atom. The van der Waals surface area contributed by atoms with Crippen LogP contribution in [0, 0.1) is 11.3 Å². The van der Waals surface area contributed by atoms with Crippen LogP contribution >= 0.6 is 0 Å². The van der Waals surface area contributed by atoms with Gasteiger partial charge in [0.05, 0.1) is 20.3 Å². The molecule has 0 fully saturated rings. The number of benzene rings is 2. The highest BCUT2D eigenvalue weighted by molar-refractivity contribution is 6.10. The van der Waals surface area contributed by atoms with Gasteiger partial charge in [0.25, 0.3) is 5.91 Å². The van der Waals surface area contributed by atoms with E-state index in [0.29, 0.717) is 28.5 Å². The quantitative estimate of drug-likeness (QED) is 0.541. The molecule has 0 aliphatic heterocycles. The maximum atomic E-state index is 12.6. The lowest BCUT2D eigenvalue weighted by Gasteiger charge is -2.17. The number of methoxy groups -OCH3 is 2. The molecule has 146 valence electrons. The molecule has 2 aromatic rings. The van der Waals surface area contributed by atoms with Crippen LogP contribution in [-0.4, -0.2) is 26.2 Å². The average Bonchev–Trinajstić information content (AvgIpc) is 2.72. The first-order valence-corrected chi connectivity index (χ1v) is 8.93. The van der Waals surface area contributed by atoms with Gasteiger partial charge < -0.3 is 19.5 Å². The molecule has 1 atom stereocenters. The normalized spacial score (nSPS) is 11.9. The average molecular weight is 380 g/mol. The summed E-state index contributed by atoms with van der Waals surface area (Å²) in [4.78, 5) is 12.6. The van der Waals surface area contributed by atoms with Crippen molar-refractivity contribution in [2.24, 2.45) is 0 Å². The molecular weight excluding hydrogens is 356 g/mol. The fourth-order valence-electron chi connectivity index (χ4n) is 2.42. The van der Waals surface area contributed by atoms with E-state index >= 15 is 0 Å². The van der Waals surface area contributed by atoms with E-state index in [4.69, 9.17) is 14.2 Å². The number of nitrogens with one attached hydrogen (secondary N) is 1. The largest absolute Gasteiger partial charge is 0.497 e. The summed E-state index contributed by atoms with van der Waals surface area (Å²) >= 11 is 0. The maximum Gasteiger partial charge on any atom is 0.266 e. The lowest BCUT2D eigenvalue weighted by Crippen LogP contribution is -2.14. The van der Waals surface area contributed by atoms with E-state index in [1.807, 2.05) is 19.9 Å². The van der Waals surface area contributed by atoms with Gasteiger partial charge in [-0.25, -0.2) is 0 Å². The third kappa shape index (κ3) is 5.27. The van der Waals surface area contributed by atoms with Crippen molar-refractivity contribution in [3.05, 3.63) is 53.6 Å². The highest BCUT2D eigenvalue weighted by atomic mass is 16.5. The number of ether oxygens (including phenoxy) is 3. The number of nitriles is 1. The second-order valence-electron chi connectivity index (χ2n) is 6.07. The molecule has 0 saturated carbocycles. The first kappa shape index (κ1) is 20.8. The van der Waals surface area contributed by atoms with Crippen LogP contribution in [0.3, 0.4) is 0 Å². The first-order valence-electron chi connectivity index (χ1n) is 8.93. The Morgan fingerprint density at radius 3 is 2.61 bits per heavy atom. The molecule has 0 spiro atoms. The highest BCUT2D eigenvalue weighted by Gasteiger charge is 2.16. The summed E-state index contributed by atoms with van der Waals surface area (Å²) in [6.45, 7) is 3.96. The highest BCUT2D eigenvalue weighted by Crippen LogP contribution is 2.34. The minimum absolute atomic E-state index is 0.0420. The van der Waals surface area contributed by atoms with Crippen LogP contribution in [0.1, 0.15) is 25.8 Å². The van der Waals surface area contributed by atoms with Crippen LogP contribution in [0.4, 0.5) is 5.69 Å². The van der Waals surface area contributed by atoms with Gasteiger partial charge in [0.15, 0.2) is 11.5 Å². The molecular formula is C22H24N2O4. The van der Waals surface area contributed by atoms with E-state index in [1.54, 1.807) is 56.7 Å². The Labute approximate surface area is 165 Å². The number of rotatable bonds is 8. The lowest BCUT2D eigenvalue weighted by atomic mass is 10.1. The van der Waals surface area contributed by atoms with Crippen molar-refractivity contribution in [2.45, 2.75) is 26.4 Å². The molecule has 1 unspecified atom stereocenters. The Bertz CT molecular complexity index is 900. The Hall–Kier alpha value is -3.46. The Morgan fingerprint density at radius 1 is 1.21 bits per heavy atom. The van der Waals surface area contributed by atoms with E-state index in [-0.39, 0.29) is 11.7 Å². The van der Waals surface area contributed by atoms with Crippen molar-refractivity contribution < 1.29 is 19.0 Å². The predicted molar refractivity (Wildman–Crippen MR) is 109 cm³/mol. The van der Waals surface area contributed by atoms with Gasteiger partial charge in [-0.1, -0.05) is 25.1 Å². The van der Waals surface area contributed by atoms with Crippen LogP contribution in [-0.2, 0) is 4.79 Å².